The Morgan fingerprint density at radius 3 is 2.60 bits per heavy atom. The Labute approximate surface area is 92.2 Å². The summed E-state index contributed by atoms with van der Waals surface area (Å²) in [5.41, 5.74) is 0.993. The van der Waals surface area contributed by atoms with E-state index >= 15 is 0 Å². The summed E-state index contributed by atoms with van der Waals surface area (Å²) >= 11 is 1.59. The van der Waals surface area contributed by atoms with Crippen molar-refractivity contribution >= 4 is 21.6 Å². The molecule has 4 heteroatoms. The average molecular weight is 215 g/mol. The molecule has 1 aromatic heterocycles. The number of benzene rings is 1. The number of fused-ring (bicyclic) bond motifs is 1. The first-order valence-electron chi connectivity index (χ1n) is 4.34. The van der Waals surface area contributed by atoms with Crippen molar-refractivity contribution in [2.45, 2.75) is 13.3 Å². The van der Waals surface area contributed by atoms with Gasteiger partial charge < -0.3 is 0 Å². The van der Waals surface area contributed by atoms with Gasteiger partial charge in [-0.15, -0.1) is 11.3 Å². The van der Waals surface area contributed by atoms with Gasteiger partial charge in [-0.05, 0) is 12.1 Å². The third kappa shape index (κ3) is 3.05. The quantitative estimate of drug-likeness (QED) is 0.734. The maximum atomic E-state index is 8.46. The Hall–Kier alpha value is -1.91. The fourth-order valence-corrected chi connectivity index (χ4v) is 1.96. The fourth-order valence-electron chi connectivity index (χ4n) is 1.06. The number of thiazole rings is 1. The molecule has 0 radical (unpaired) electrons. The highest BCUT2D eigenvalue weighted by molar-refractivity contribution is 7.18. The summed E-state index contributed by atoms with van der Waals surface area (Å²) in [7, 11) is 0. The summed E-state index contributed by atoms with van der Waals surface area (Å²) in [5, 5.41) is 16.7. The summed E-state index contributed by atoms with van der Waals surface area (Å²) in [4.78, 5) is 4.30. The van der Waals surface area contributed by atoms with Crippen LogP contribution in [0.2, 0.25) is 0 Å². The molecule has 0 atom stereocenters. The van der Waals surface area contributed by atoms with Crippen LogP contribution in [0.1, 0.15) is 11.9 Å². The van der Waals surface area contributed by atoms with E-state index < -0.39 is 0 Å². The highest BCUT2D eigenvalue weighted by Gasteiger charge is 2.00. The molecule has 2 aromatic rings. The predicted octanol–water partition coefficient (Wildman–Crippen LogP) is 2.89. The topological polar surface area (TPSA) is 60.5 Å². The van der Waals surface area contributed by atoms with E-state index in [0.717, 1.165) is 15.2 Å². The maximum Gasteiger partial charge on any atom is 0.108 e. The molecule has 0 fully saturated rings. The van der Waals surface area contributed by atoms with E-state index in [4.69, 9.17) is 10.5 Å². The van der Waals surface area contributed by atoms with Crippen LogP contribution >= 0.6 is 11.3 Å². The van der Waals surface area contributed by atoms with Crippen molar-refractivity contribution < 1.29 is 0 Å². The van der Waals surface area contributed by atoms with Crippen LogP contribution in [0.5, 0.6) is 0 Å². The highest BCUT2D eigenvalue weighted by Crippen LogP contribution is 2.21. The van der Waals surface area contributed by atoms with Gasteiger partial charge in [-0.3, -0.25) is 0 Å². The van der Waals surface area contributed by atoms with Crippen molar-refractivity contribution in [3.05, 3.63) is 29.3 Å². The number of aromatic nitrogens is 1. The number of rotatable bonds is 1. The lowest BCUT2D eigenvalue weighted by Crippen LogP contribution is -1.75. The summed E-state index contributed by atoms with van der Waals surface area (Å²) < 4.78 is 1.16. The normalized spacial score (nSPS) is 8.47. The summed E-state index contributed by atoms with van der Waals surface area (Å²) in [6, 6.07) is 11.8. The number of nitriles is 2. The summed E-state index contributed by atoms with van der Waals surface area (Å²) in [6.45, 7) is 1.43. The van der Waals surface area contributed by atoms with Crippen LogP contribution in [0.3, 0.4) is 0 Å². The van der Waals surface area contributed by atoms with Gasteiger partial charge in [0, 0.05) is 6.92 Å². The zero-order valence-electron chi connectivity index (χ0n) is 8.27. The van der Waals surface area contributed by atoms with Gasteiger partial charge in [0.2, 0.25) is 0 Å². The third-order valence-corrected chi connectivity index (χ3v) is 2.60. The van der Waals surface area contributed by atoms with Gasteiger partial charge in [0.25, 0.3) is 0 Å². The Morgan fingerprint density at radius 1 is 1.33 bits per heavy atom. The molecule has 2 rings (SSSR count). The zero-order valence-corrected chi connectivity index (χ0v) is 9.08. The third-order valence-electron chi connectivity index (χ3n) is 1.57. The van der Waals surface area contributed by atoms with Gasteiger partial charge in [0.1, 0.15) is 5.01 Å². The van der Waals surface area contributed by atoms with Crippen molar-refractivity contribution in [1.82, 2.24) is 4.98 Å². The van der Waals surface area contributed by atoms with Gasteiger partial charge in [-0.2, -0.15) is 10.5 Å². The van der Waals surface area contributed by atoms with Crippen LogP contribution < -0.4 is 0 Å². The van der Waals surface area contributed by atoms with E-state index in [9.17, 15) is 0 Å². The molecule has 3 nitrogen and oxygen atoms in total. The molecule has 0 aliphatic carbocycles. The van der Waals surface area contributed by atoms with Crippen molar-refractivity contribution in [2.24, 2.45) is 0 Å². The second kappa shape index (κ2) is 5.74. The molecular weight excluding hydrogens is 206 g/mol. The van der Waals surface area contributed by atoms with Crippen LogP contribution in [-0.4, -0.2) is 4.98 Å². The molecule has 0 unspecified atom stereocenters. The lowest BCUT2D eigenvalue weighted by Gasteiger charge is -1.80. The molecule has 0 saturated heterocycles. The number of nitrogens with zero attached hydrogens (tertiary/aromatic N) is 3. The minimum Gasteiger partial charge on any atom is -0.240 e. The lowest BCUT2D eigenvalue weighted by molar-refractivity contribution is 1.21. The molecule has 0 spiro atoms. The molecule has 74 valence electrons. The minimum absolute atomic E-state index is 0.416. The highest BCUT2D eigenvalue weighted by atomic mass is 32.1. The second-order valence-electron chi connectivity index (χ2n) is 2.63. The minimum atomic E-state index is 0.416. The molecule has 15 heavy (non-hydrogen) atoms. The first kappa shape index (κ1) is 11.2. The standard InChI is InChI=1S/C9H6N2S.C2H3N/c10-6-5-9-11-7-3-1-2-4-8(7)12-9;1-2-3/h1-4H,5H2;1H3. The van der Waals surface area contributed by atoms with E-state index in [1.54, 1.807) is 17.4 Å². The van der Waals surface area contributed by atoms with Crippen molar-refractivity contribution in [3.63, 3.8) is 0 Å². The van der Waals surface area contributed by atoms with Gasteiger partial charge in [0.05, 0.1) is 28.8 Å². The van der Waals surface area contributed by atoms with Crippen molar-refractivity contribution in [2.75, 3.05) is 0 Å². The SMILES string of the molecule is CC#N.N#CCc1nc2ccccc2s1. The molecule has 0 saturated carbocycles. The molecule has 0 amide bonds. The molecular formula is C11H9N3S. The lowest BCUT2D eigenvalue weighted by atomic mass is 10.3. The molecule has 0 N–H and O–H groups in total. The van der Waals surface area contributed by atoms with E-state index in [1.807, 2.05) is 24.3 Å². The molecule has 0 aliphatic rings. The first-order valence-corrected chi connectivity index (χ1v) is 5.15. The number of hydrogen-bond donors (Lipinski definition) is 0. The Balaban J connectivity index is 0.000000337. The summed E-state index contributed by atoms with van der Waals surface area (Å²) in [5.74, 6) is 0. The van der Waals surface area contributed by atoms with Crippen LogP contribution in [-0.2, 0) is 6.42 Å². The molecule has 1 heterocycles. The van der Waals surface area contributed by atoms with Gasteiger partial charge >= 0.3 is 0 Å². The van der Waals surface area contributed by atoms with Crippen LogP contribution in [0.15, 0.2) is 24.3 Å². The maximum absolute atomic E-state index is 8.46. The Bertz CT molecular complexity index is 483. The smallest absolute Gasteiger partial charge is 0.108 e. The Kier molecular flexibility index (Phi) is 4.28. The monoisotopic (exact) mass is 215 g/mol. The molecule has 0 bridgehead atoms. The molecule has 0 aliphatic heterocycles. The molecule has 1 aromatic carbocycles. The number of hydrogen-bond acceptors (Lipinski definition) is 4. The van der Waals surface area contributed by atoms with Crippen LogP contribution in [0.25, 0.3) is 10.2 Å². The largest absolute Gasteiger partial charge is 0.240 e. The van der Waals surface area contributed by atoms with Gasteiger partial charge in [-0.1, -0.05) is 12.1 Å². The van der Waals surface area contributed by atoms with E-state index in [0.29, 0.717) is 6.42 Å². The zero-order chi connectivity index (χ0) is 11.1. The van der Waals surface area contributed by atoms with Crippen molar-refractivity contribution in [1.29, 1.82) is 10.5 Å². The van der Waals surface area contributed by atoms with Crippen molar-refractivity contribution in [3.8, 4) is 12.1 Å². The van der Waals surface area contributed by atoms with Crippen LogP contribution in [0.4, 0.5) is 0 Å². The Morgan fingerprint density at radius 2 is 2.00 bits per heavy atom. The summed E-state index contributed by atoms with van der Waals surface area (Å²) in [6.07, 6.45) is 0.416. The van der Waals surface area contributed by atoms with E-state index in [1.165, 1.54) is 6.92 Å². The van der Waals surface area contributed by atoms with Gasteiger partial charge in [0.15, 0.2) is 0 Å². The van der Waals surface area contributed by atoms with E-state index in [2.05, 4.69) is 11.1 Å². The second-order valence-corrected chi connectivity index (χ2v) is 3.75. The number of para-hydroxylation sites is 1. The van der Waals surface area contributed by atoms with E-state index in [-0.39, 0.29) is 0 Å². The predicted molar refractivity (Wildman–Crippen MR) is 60.2 cm³/mol. The van der Waals surface area contributed by atoms with Gasteiger partial charge in [-0.25, -0.2) is 4.98 Å². The average Bonchev–Trinajstić information content (AvgIpc) is 2.61. The first-order chi connectivity index (χ1) is 7.31. The van der Waals surface area contributed by atoms with Crippen LogP contribution in [0, 0.1) is 22.7 Å². The fraction of sp³-hybridized carbons (Fsp3) is 0.182.